The normalized spacial score (nSPS) is 10.8. The fourth-order valence-electron chi connectivity index (χ4n) is 3.18. The molecule has 0 aromatic heterocycles. The van der Waals surface area contributed by atoms with Gasteiger partial charge in [-0.05, 0) is 43.6 Å². The second-order valence-electron chi connectivity index (χ2n) is 7.46. The summed E-state index contributed by atoms with van der Waals surface area (Å²) in [7, 11) is 3.11. The maximum atomic E-state index is 11.2. The second-order valence-corrected chi connectivity index (χ2v) is 8.83. The van der Waals surface area contributed by atoms with Crippen LogP contribution >= 0.6 is 23.4 Å². The minimum Gasteiger partial charge on any atom is -0.496 e. The van der Waals surface area contributed by atoms with E-state index in [4.69, 9.17) is 21.1 Å². The highest BCUT2D eigenvalue weighted by atomic mass is 35.5. The van der Waals surface area contributed by atoms with Gasteiger partial charge in [0.25, 0.3) is 0 Å². The Morgan fingerprint density at radius 2 is 1.63 bits per heavy atom. The summed E-state index contributed by atoms with van der Waals surface area (Å²) in [5.41, 5.74) is 2.11. The zero-order chi connectivity index (χ0) is 22.0. The van der Waals surface area contributed by atoms with Gasteiger partial charge < -0.3 is 14.2 Å². The monoisotopic (exact) mass is 458 g/mol. The van der Waals surface area contributed by atoms with Crippen molar-refractivity contribution in [2.24, 2.45) is 0 Å². The summed E-state index contributed by atoms with van der Waals surface area (Å²) in [5, 5.41) is 0. The molecule has 0 saturated carbocycles. The summed E-state index contributed by atoms with van der Waals surface area (Å²) >= 11 is 8.04. The third kappa shape index (κ3) is 11.4. The molecule has 0 aliphatic carbocycles. The lowest BCUT2D eigenvalue weighted by atomic mass is 10.1. The number of unbranched alkanes of at least 4 members (excludes halogenated alkanes) is 7. The van der Waals surface area contributed by atoms with Crippen molar-refractivity contribution >= 4 is 29.3 Å². The highest BCUT2D eigenvalue weighted by Gasteiger charge is 2.12. The molecule has 1 aromatic carbocycles. The van der Waals surface area contributed by atoms with E-state index in [1.807, 2.05) is 17.8 Å². The minimum absolute atomic E-state index is 0.150. The molecule has 1 aromatic rings. The summed E-state index contributed by atoms with van der Waals surface area (Å²) in [4.78, 5) is 11.2. The van der Waals surface area contributed by atoms with E-state index in [-0.39, 0.29) is 5.97 Å². The first-order valence-corrected chi connectivity index (χ1v) is 12.9. The first-order valence-electron chi connectivity index (χ1n) is 11.2. The Kier molecular flexibility index (Phi) is 15.8. The predicted octanol–water partition coefficient (Wildman–Crippen LogP) is 7.14. The number of carbonyl (C=O) groups excluding carboxylic acids is 1. The number of alkyl halides is 1. The lowest BCUT2D eigenvalue weighted by Crippen LogP contribution is -2.03. The van der Waals surface area contributed by atoms with Crippen LogP contribution in [0.1, 0.15) is 82.3 Å². The van der Waals surface area contributed by atoms with Crippen LogP contribution in [0.15, 0.2) is 12.1 Å². The molecule has 0 bridgehead atoms. The Balaban J connectivity index is 2.49. The van der Waals surface area contributed by atoms with Crippen molar-refractivity contribution in [2.75, 3.05) is 26.6 Å². The molecule has 1 rings (SSSR count). The van der Waals surface area contributed by atoms with E-state index in [1.165, 1.54) is 51.4 Å². The van der Waals surface area contributed by atoms with Crippen LogP contribution in [0.3, 0.4) is 0 Å². The van der Waals surface area contributed by atoms with Crippen LogP contribution in [-0.4, -0.2) is 32.5 Å². The van der Waals surface area contributed by atoms with Gasteiger partial charge >= 0.3 is 5.97 Å². The summed E-state index contributed by atoms with van der Waals surface area (Å²) in [6, 6.07) is 4.08. The van der Waals surface area contributed by atoms with Crippen LogP contribution in [0.5, 0.6) is 11.5 Å². The Morgan fingerprint density at radius 1 is 0.933 bits per heavy atom. The van der Waals surface area contributed by atoms with Crippen LogP contribution in [-0.2, 0) is 21.2 Å². The van der Waals surface area contributed by atoms with E-state index in [2.05, 4.69) is 17.7 Å². The molecule has 0 N–H and O–H groups in total. The molecule has 30 heavy (non-hydrogen) atoms. The van der Waals surface area contributed by atoms with E-state index in [0.29, 0.717) is 18.9 Å². The Bertz CT molecular complexity index is 595. The maximum Gasteiger partial charge on any atom is 0.305 e. The Morgan fingerprint density at radius 3 is 2.33 bits per heavy atom. The molecule has 4 nitrogen and oxygen atoms in total. The first-order chi connectivity index (χ1) is 14.7. The molecular weight excluding hydrogens is 420 g/mol. The molecular formula is C24H39ClO4S. The smallest absolute Gasteiger partial charge is 0.305 e. The van der Waals surface area contributed by atoms with E-state index in [9.17, 15) is 4.79 Å². The van der Waals surface area contributed by atoms with Crippen molar-refractivity contribution in [3.8, 4) is 11.5 Å². The van der Waals surface area contributed by atoms with E-state index in [0.717, 1.165) is 47.6 Å². The van der Waals surface area contributed by atoms with Gasteiger partial charge in [-0.3, -0.25) is 4.79 Å². The molecule has 0 saturated heterocycles. The number of hydrogen-bond donors (Lipinski definition) is 0. The number of benzene rings is 1. The zero-order valence-electron chi connectivity index (χ0n) is 19.0. The molecule has 0 amide bonds. The third-order valence-corrected chi connectivity index (χ3v) is 6.40. The van der Waals surface area contributed by atoms with Crippen molar-refractivity contribution in [1.29, 1.82) is 0 Å². The van der Waals surface area contributed by atoms with E-state index < -0.39 is 0 Å². The van der Waals surface area contributed by atoms with Gasteiger partial charge in [0.1, 0.15) is 11.5 Å². The number of ether oxygens (including phenoxy) is 3. The van der Waals surface area contributed by atoms with Gasteiger partial charge in [-0.15, -0.1) is 11.6 Å². The lowest BCUT2D eigenvalue weighted by Gasteiger charge is -2.16. The first kappa shape index (κ1) is 27.0. The van der Waals surface area contributed by atoms with Crippen molar-refractivity contribution < 1.29 is 19.0 Å². The molecule has 0 aliphatic heterocycles. The highest BCUT2D eigenvalue weighted by molar-refractivity contribution is 7.98. The molecule has 6 heteroatoms. The van der Waals surface area contributed by atoms with Crippen molar-refractivity contribution in [1.82, 2.24) is 0 Å². The van der Waals surface area contributed by atoms with Crippen molar-refractivity contribution in [3.05, 3.63) is 23.3 Å². The number of halogens is 1. The van der Waals surface area contributed by atoms with Gasteiger partial charge in [-0.1, -0.05) is 39.0 Å². The standard InChI is InChI=1S/C24H39ClO4S/c1-4-5-6-7-8-12-15-30-19-21-17-22(27-2)20(18-25)16-23(21)29-14-11-9-10-13-24(26)28-3/h16-17H,4-15,18-19H2,1-3H3. The van der Waals surface area contributed by atoms with Crippen LogP contribution in [0, 0.1) is 0 Å². The van der Waals surface area contributed by atoms with Gasteiger partial charge in [-0.25, -0.2) is 0 Å². The number of carbonyl (C=O) groups is 1. The van der Waals surface area contributed by atoms with Crippen LogP contribution in [0.2, 0.25) is 0 Å². The summed E-state index contributed by atoms with van der Waals surface area (Å²) < 4.78 is 16.3. The molecule has 172 valence electrons. The van der Waals surface area contributed by atoms with Crippen LogP contribution in [0.4, 0.5) is 0 Å². The molecule has 0 fully saturated rings. The fourth-order valence-corrected chi connectivity index (χ4v) is 4.39. The molecule has 0 radical (unpaired) electrons. The SMILES string of the molecule is CCCCCCCCSCc1cc(OC)c(CCl)cc1OCCCCCC(=O)OC. The zero-order valence-corrected chi connectivity index (χ0v) is 20.5. The predicted molar refractivity (Wildman–Crippen MR) is 128 cm³/mol. The Labute approximate surface area is 192 Å². The van der Waals surface area contributed by atoms with E-state index in [1.54, 1.807) is 7.11 Å². The Hall–Kier alpha value is -1.07. The fraction of sp³-hybridized carbons (Fsp3) is 0.708. The van der Waals surface area contributed by atoms with Crippen LogP contribution < -0.4 is 9.47 Å². The third-order valence-electron chi connectivity index (χ3n) is 5.02. The molecule has 0 atom stereocenters. The average Bonchev–Trinajstić information content (AvgIpc) is 2.77. The number of hydrogen-bond acceptors (Lipinski definition) is 5. The molecule has 0 spiro atoms. The molecule has 0 heterocycles. The van der Waals surface area contributed by atoms with Gasteiger partial charge in [-0.2, -0.15) is 11.8 Å². The second kappa shape index (κ2) is 17.6. The van der Waals surface area contributed by atoms with Gasteiger partial charge in [0.05, 0.1) is 26.7 Å². The van der Waals surface area contributed by atoms with Gasteiger partial charge in [0, 0.05) is 23.3 Å². The molecule has 0 aliphatic rings. The van der Waals surface area contributed by atoms with Gasteiger partial charge in [0.15, 0.2) is 0 Å². The number of thioether (sulfide) groups is 1. The van der Waals surface area contributed by atoms with Crippen LogP contribution in [0.25, 0.3) is 0 Å². The largest absolute Gasteiger partial charge is 0.496 e. The number of methoxy groups -OCH3 is 2. The number of rotatable bonds is 18. The average molecular weight is 459 g/mol. The quantitative estimate of drug-likeness (QED) is 0.133. The van der Waals surface area contributed by atoms with Gasteiger partial charge in [0.2, 0.25) is 0 Å². The topological polar surface area (TPSA) is 44.8 Å². The van der Waals surface area contributed by atoms with Crippen molar-refractivity contribution in [2.45, 2.75) is 82.8 Å². The number of esters is 1. The van der Waals surface area contributed by atoms with E-state index >= 15 is 0 Å². The molecule has 0 unspecified atom stereocenters. The summed E-state index contributed by atoms with van der Waals surface area (Å²) in [6.45, 7) is 2.88. The summed E-state index contributed by atoms with van der Waals surface area (Å²) in [6.07, 6.45) is 11.1. The summed E-state index contributed by atoms with van der Waals surface area (Å²) in [5.74, 6) is 4.04. The highest BCUT2D eigenvalue weighted by Crippen LogP contribution is 2.33. The minimum atomic E-state index is -0.150. The van der Waals surface area contributed by atoms with Crippen molar-refractivity contribution in [3.63, 3.8) is 0 Å². The maximum absolute atomic E-state index is 11.2. The lowest BCUT2D eigenvalue weighted by molar-refractivity contribution is -0.140.